The zero-order valence-corrected chi connectivity index (χ0v) is 17.7. The first kappa shape index (κ1) is 21.1. The number of ether oxygens (including phenoxy) is 1. The Balaban J connectivity index is 1.54. The number of hydrogen-bond acceptors (Lipinski definition) is 4. The predicted octanol–water partition coefficient (Wildman–Crippen LogP) is 2.34. The molecule has 8 heteroatoms. The van der Waals surface area contributed by atoms with Gasteiger partial charge in [0.05, 0.1) is 12.0 Å². The van der Waals surface area contributed by atoms with Crippen molar-refractivity contribution >= 4 is 16.0 Å². The molecule has 0 amide bonds. The monoisotopic (exact) mass is 416 g/mol. The number of sulfonamides is 1. The van der Waals surface area contributed by atoms with E-state index in [1.807, 2.05) is 36.4 Å². The van der Waals surface area contributed by atoms with Gasteiger partial charge in [-0.3, -0.25) is 4.99 Å². The van der Waals surface area contributed by atoms with Crippen LogP contribution in [0.2, 0.25) is 0 Å². The average Bonchev–Trinajstić information content (AvgIpc) is 3.30. The van der Waals surface area contributed by atoms with Gasteiger partial charge in [-0.15, -0.1) is 0 Å². The van der Waals surface area contributed by atoms with Crippen molar-refractivity contribution in [1.29, 1.82) is 0 Å². The minimum absolute atomic E-state index is 0.351. The molecule has 1 aliphatic heterocycles. The van der Waals surface area contributed by atoms with Crippen LogP contribution in [0.5, 0.6) is 5.75 Å². The number of rotatable bonds is 7. The van der Waals surface area contributed by atoms with Crippen LogP contribution in [0.25, 0.3) is 0 Å². The van der Waals surface area contributed by atoms with Gasteiger partial charge in [-0.25, -0.2) is 8.42 Å². The van der Waals surface area contributed by atoms with Crippen LogP contribution >= 0.6 is 0 Å². The predicted molar refractivity (Wildman–Crippen MR) is 114 cm³/mol. The van der Waals surface area contributed by atoms with Crippen molar-refractivity contribution in [3.8, 4) is 5.75 Å². The van der Waals surface area contributed by atoms with E-state index in [1.54, 1.807) is 30.6 Å². The Labute approximate surface area is 172 Å². The van der Waals surface area contributed by atoms with Gasteiger partial charge in [-0.05, 0) is 48.2 Å². The highest BCUT2D eigenvalue weighted by Gasteiger charge is 2.26. The Kier molecular flexibility index (Phi) is 7.11. The third kappa shape index (κ3) is 5.48. The molecule has 3 rings (SSSR count). The second kappa shape index (κ2) is 9.76. The van der Waals surface area contributed by atoms with Gasteiger partial charge < -0.3 is 15.4 Å². The van der Waals surface area contributed by atoms with Gasteiger partial charge in [-0.2, -0.15) is 4.31 Å². The molecule has 0 bridgehead atoms. The smallest absolute Gasteiger partial charge is 0.243 e. The molecule has 1 saturated heterocycles. The summed E-state index contributed by atoms with van der Waals surface area (Å²) in [5.41, 5.74) is 2.07. The van der Waals surface area contributed by atoms with Gasteiger partial charge in [0.25, 0.3) is 0 Å². The SMILES string of the molecule is CN=C(NCc1ccc(S(=O)(=O)N2CCCC2)cc1)NCc1cccc(OC)c1. The van der Waals surface area contributed by atoms with Crippen molar-refractivity contribution in [3.63, 3.8) is 0 Å². The highest BCUT2D eigenvalue weighted by Crippen LogP contribution is 2.21. The Hall–Kier alpha value is -2.58. The maximum absolute atomic E-state index is 12.6. The molecule has 1 aliphatic rings. The molecule has 0 atom stereocenters. The quantitative estimate of drug-likeness (QED) is 0.535. The van der Waals surface area contributed by atoms with Crippen LogP contribution in [-0.4, -0.2) is 45.9 Å². The summed E-state index contributed by atoms with van der Waals surface area (Å²) in [5, 5.41) is 6.51. The first-order chi connectivity index (χ1) is 14.0. The summed E-state index contributed by atoms with van der Waals surface area (Å²) in [6.07, 6.45) is 1.87. The van der Waals surface area contributed by atoms with Crippen molar-refractivity contribution in [2.75, 3.05) is 27.2 Å². The van der Waals surface area contributed by atoms with Gasteiger partial charge in [-0.1, -0.05) is 24.3 Å². The topological polar surface area (TPSA) is 83.0 Å². The lowest BCUT2D eigenvalue weighted by molar-refractivity contribution is 0.414. The molecule has 0 radical (unpaired) electrons. The van der Waals surface area contributed by atoms with Crippen LogP contribution in [0.4, 0.5) is 0 Å². The Morgan fingerprint density at radius 3 is 2.31 bits per heavy atom. The van der Waals surface area contributed by atoms with Crippen LogP contribution in [0.1, 0.15) is 24.0 Å². The van der Waals surface area contributed by atoms with E-state index < -0.39 is 10.0 Å². The lowest BCUT2D eigenvalue weighted by atomic mass is 10.2. The molecule has 29 heavy (non-hydrogen) atoms. The van der Waals surface area contributed by atoms with E-state index in [0.29, 0.717) is 37.0 Å². The number of guanidine groups is 1. The molecule has 7 nitrogen and oxygen atoms in total. The molecule has 0 saturated carbocycles. The molecule has 2 N–H and O–H groups in total. The highest BCUT2D eigenvalue weighted by atomic mass is 32.2. The summed E-state index contributed by atoms with van der Waals surface area (Å²) in [6, 6.07) is 14.9. The van der Waals surface area contributed by atoms with E-state index in [2.05, 4.69) is 15.6 Å². The number of aliphatic imine (C=N–C) groups is 1. The Bertz CT molecular complexity index is 937. The summed E-state index contributed by atoms with van der Waals surface area (Å²) in [6.45, 7) is 2.38. The molecule has 2 aromatic rings. The highest BCUT2D eigenvalue weighted by molar-refractivity contribution is 7.89. The van der Waals surface area contributed by atoms with E-state index in [9.17, 15) is 8.42 Å². The minimum Gasteiger partial charge on any atom is -0.497 e. The molecule has 2 aromatic carbocycles. The molecule has 0 aromatic heterocycles. The molecule has 0 spiro atoms. The third-order valence-corrected chi connectivity index (χ3v) is 6.82. The fraction of sp³-hybridized carbons (Fsp3) is 0.381. The zero-order chi connectivity index (χ0) is 20.7. The first-order valence-electron chi connectivity index (χ1n) is 9.69. The Morgan fingerprint density at radius 1 is 1.03 bits per heavy atom. The minimum atomic E-state index is -3.37. The molecule has 1 fully saturated rings. The fourth-order valence-electron chi connectivity index (χ4n) is 3.23. The third-order valence-electron chi connectivity index (χ3n) is 4.90. The molecule has 0 unspecified atom stereocenters. The maximum Gasteiger partial charge on any atom is 0.243 e. The molecule has 156 valence electrons. The van der Waals surface area contributed by atoms with Crippen LogP contribution in [0.15, 0.2) is 58.4 Å². The van der Waals surface area contributed by atoms with Crippen LogP contribution in [0.3, 0.4) is 0 Å². The van der Waals surface area contributed by atoms with Gasteiger partial charge in [0.1, 0.15) is 5.75 Å². The summed E-state index contributed by atoms with van der Waals surface area (Å²) in [4.78, 5) is 4.58. The van der Waals surface area contributed by atoms with Gasteiger partial charge in [0.2, 0.25) is 10.0 Å². The summed E-state index contributed by atoms with van der Waals surface area (Å²) in [5.74, 6) is 1.48. The van der Waals surface area contributed by atoms with Crippen molar-refractivity contribution in [2.45, 2.75) is 30.8 Å². The van der Waals surface area contributed by atoms with Crippen LogP contribution in [-0.2, 0) is 23.1 Å². The number of methoxy groups -OCH3 is 1. The van der Waals surface area contributed by atoms with E-state index >= 15 is 0 Å². The second-order valence-corrected chi connectivity index (χ2v) is 8.82. The summed E-state index contributed by atoms with van der Waals surface area (Å²) < 4.78 is 32.0. The standard InChI is InChI=1S/C21H28N4O3S/c1-22-21(24-16-18-6-5-7-19(14-18)28-2)23-15-17-8-10-20(11-9-17)29(26,27)25-12-3-4-13-25/h5-11,14H,3-4,12-13,15-16H2,1-2H3,(H2,22,23,24). The lowest BCUT2D eigenvalue weighted by Gasteiger charge is -2.16. The zero-order valence-electron chi connectivity index (χ0n) is 16.9. The summed E-state index contributed by atoms with van der Waals surface area (Å²) in [7, 11) is -0.00741. The number of nitrogens with zero attached hydrogens (tertiary/aromatic N) is 2. The fourth-order valence-corrected chi connectivity index (χ4v) is 4.75. The van der Waals surface area contributed by atoms with E-state index in [1.165, 1.54) is 0 Å². The first-order valence-corrected chi connectivity index (χ1v) is 11.1. The molecule has 1 heterocycles. The van der Waals surface area contributed by atoms with Gasteiger partial charge in [0.15, 0.2) is 5.96 Å². The Morgan fingerprint density at radius 2 is 1.69 bits per heavy atom. The molecule has 0 aliphatic carbocycles. The number of nitrogens with one attached hydrogen (secondary N) is 2. The van der Waals surface area contributed by atoms with E-state index in [4.69, 9.17) is 4.74 Å². The van der Waals surface area contributed by atoms with Crippen LogP contribution < -0.4 is 15.4 Å². The largest absolute Gasteiger partial charge is 0.497 e. The van der Waals surface area contributed by atoms with Gasteiger partial charge >= 0.3 is 0 Å². The maximum atomic E-state index is 12.6. The van der Waals surface area contributed by atoms with Crippen molar-refractivity contribution < 1.29 is 13.2 Å². The van der Waals surface area contributed by atoms with E-state index in [0.717, 1.165) is 29.7 Å². The average molecular weight is 417 g/mol. The van der Waals surface area contributed by atoms with E-state index in [-0.39, 0.29) is 0 Å². The second-order valence-electron chi connectivity index (χ2n) is 6.89. The van der Waals surface area contributed by atoms with Crippen LogP contribution in [0, 0.1) is 0 Å². The number of benzene rings is 2. The van der Waals surface area contributed by atoms with Crippen molar-refractivity contribution in [2.24, 2.45) is 4.99 Å². The molecular weight excluding hydrogens is 388 g/mol. The van der Waals surface area contributed by atoms with Gasteiger partial charge in [0, 0.05) is 33.2 Å². The summed E-state index contributed by atoms with van der Waals surface area (Å²) >= 11 is 0. The van der Waals surface area contributed by atoms with Crippen molar-refractivity contribution in [3.05, 3.63) is 59.7 Å². The normalized spacial score (nSPS) is 15.3. The van der Waals surface area contributed by atoms with Crippen molar-refractivity contribution in [1.82, 2.24) is 14.9 Å². The molecular formula is C21H28N4O3S. The number of hydrogen-bond donors (Lipinski definition) is 2. The lowest BCUT2D eigenvalue weighted by Crippen LogP contribution is -2.36.